The highest BCUT2D eigenvalue weighted by Crippen LogP contribution is 2.19. The maximum atomic E-state index is 12.5. The van der Waals surface area contributed by atoms with Crippen LogP contribution in [0.5, 0.6) is 0 Å². The summed E-state index contributed by atoms with van der Waals surface area (Å²) in [5.74, 6) is 0.263. The van der Waals surface area contributed by atoms with Crippen molar-refractivity contribution in [3.8, 4) is 0 Å². The lowest BCUT2D eigenvalue weighted by Crippen LogP contribution is -2.46. The number of carbonyl (C=O) groups excluding carboxylic acids is 3. The highest BCUT2D eigenvalue weighted by atomic mass is 16.2. The SMILES string of the molecule is O=C(NCCCCc1ccccn1)[C@H]1CCC(=O)N(CCCN2CCCC2=O)C1. The van der Waals surface area contributed by atoms with Crippen molar-refractivity contribution in [3.05, 3.63) is 30.1 Å². The van der Waals surface area contributed by atoms with Crippen molar-refractivity contribution in [2.75, 3.05) is 32.7 Å². The maximum Gasteiger partial charge on any atom is 0.224 e. The molecule has 158 valence electrons. The second-order valence-electron chi connectivity index (χ2n) is 7.98. The Morgan fingerprint density at radius 2 is 1.90 bits per heavy atom. The van der Waals surface area contributed by atoms with E-state index < -0.39 is 0 Å². The molecular weight excluding hydrogens is 368 g/mol. The Morgan fingerprint density at radius 3 is 2.66 bits per heavy atom. The normalized spacial score (nSPS) is 19.7. The van der Waals surface area contributed by atoms with Crippen LogP contribution in [0.1, 0.15) is 50.6 Å². The van der Waals surface area contributed by atoms with Gasteiger partial charge in [-0.2, -0.15) is 0 Å². The average Bonchev–Trinajstić information content (AvgIpc) is 3.14. The number of carbonyl (C=O) groups is 3. The van der Waals surface area contributed by atoms with Gasteiger partial charge in [-0.3, -0.25) is 19.4 Å². The van der Waals surface area contributed by atoms with Crippen LogP contribution < -0.4 is 5.32 Å². The highest BCUT2D eigenvalue weighted by molar-refractivity contribution is 5.83. The molecule has 1 aromatic heterocycles. The van der Waals surface area contributed by atoms with E-state index in [4.69, 9.17) is 0 Å². The van der Waals surface area contributed by atoms with Gasteiger partial charge in [0.2, 0.25) is 17.7 Å². The van der Waals surface area contributed by atoms with Gasteiger partial charge in [-0.05, 0) is 50.7 Å². The average molecular weight is 401 g/mol. The topological polar surface area (TPSA) is 82.6 Å². The van der Waals surface area contributed by atoms with E-state index in [9.17, 15) is 14.4 Å². The highest BCUT2D eigenvalue weighted by Gasteiger charge is 2.30. The Morgan fingerprint density at radius 1 is 1.07 bits per heavy atom. The number of unbranched alkanes of at least 4 members (excludes halogenated alkanes) is 1. The first kappa shape index (κ1) is 21.3. The van der Waals surface area contributed by atoms with Crippen LogP contribution in [0, 0.1) is 5.92 Å². The Bertz CT molecular complexity index is 695. The molecule has 0 aliphatic carbocycles. The Balaban J connectivity index is 1.32. The van der Waals surface area contributed by atoms with E-state index >= 15 is 0 Å². The number of likely N-dealkylation sites (tertiary alicyclic amines) is 2. The molecule has 0 saturated carbocycles. The van der Waals surface area contributed by atoms with Crippen LogP contribution in [0.25, 0.3) is 0 Å². The first-order valence-electron chi connectivity index (χ1n) is 10.9. The van der Waals surface area contributed by atoms with Gasteiger partial charge in [-0.15, -0.1) is 0 Å². The summed E-state index contributed by atoms with van der Waals surface area (Å²) < 4.78 is 0. The number of piperidine rings is 1. The molecule has 29 heavy (non-hydrogen) atoms. The van der Waals surface area contributed by atoms with Gasteiger partial charge in [0.1, 0.15) is 0 Å². The van der Waals surface area contributed by atoms with Crippen LogP contribution in [0.2, 0.25) is 0 Å². The molecule has 1 atom stereocenters. The minimum Gasteiger partial charge on any atom is -0.356 e. The smallest absolute Gasteiger partial charge is 0.224 e. The standard InChI is InChI=1S/C22H32N4O3/c27-20-9-5-14-25(20)15-6-16-26-17-18(10-11-21(26)28)22(29)24-13-4-2-8-19-7-1-3-12-23-19/h1,3,7,12,18H,2,4-6,8-11,13-17H2,(H,24,29)/t18-/m0/s1. The molecule has 3 heterocycles. The molecule has 0 unspecified atom stereocenters. The summed E-state index contributed by atoms with van der Waals surface area (Å²) in [5.41, 5.74) is 1.08. The molecule has 0 spiro atoms. The second-order valence-corrected chi connectivity index (χ2v) is 7.98. The van der Waals surface area contributed by atoms with Crippen molar-refractivity contribution in [3.63, 3.8) is 0 Å². The lowest BCUT2D eigenvalue weighted by molar-refractivity contribution is -0.138. The zero-order chi connectivity index (χ0) is 20.5. The Labute approximate surface area is 172 Å². The van der Waals surface area contributed by atoms with E-state index in [1.54, 1.807) is 11.1 Å². The van der Waals surface area contributed by atoms with E-state index in [1.165, 1.54) is 0 Å². The van der Waals surface area contributed by atoms with Gasteiger partial charge in [-0.25, -0.2) is 0 Å². The van der Waals surface area contributed by atoms with E-state index in [0.29, 0.717) is 45.4 Å². The molecule has 1 aromatic rings. The number of aryl methyl sites for hydroxylation is 1. The summed E-state index contributed by atoms with van der Waals surface area (Å²) in [7, 11) is 0. The summed E-state index contributed by atoms with van der Waals surface area (Å²) in [4.78, 5) is 44.4. The zero-order valence-corrected chi connectivity index (χ0v) is 17.1. The molecule has 2 aliphatic rings. The lowest BCUT2D eigenvalue weighted by Gasteiger charge is -2.32. The molecular formula is C22H32N4O3. The van der Waals surface area contributed by atoms with Crippen molar-refractivity contribution in [1.29, 1.82) is 0 Å². The number of pyridine rings is 1. The predicted molar refractivity (Wildman–Crippen MR) is 110 cm³/mol. The first-order valence-corrected chi connectivity index (χ1v) is 10.9. The van der Waals surface area contributed by atoms with Gasteiger partial charge in [0.05, 0.1) is 5.92 Å². The summed E-state index contributed by atoms with van der Waals surface area (Å²) in [6.07, 6.45) is 8.04. The third kappa shape index (κ3) is 6.54. The molecule has 1 N–H and O–H groups in total. The molecule has 2 fully saturated rings. The van der Waals surface area contributed by atoms with Crippen molar-refractivity contribution >= 4 is 17.7 Å². The molecule has 0 aromatic carbocycles. The fourth-order valence-electron chi connectivity index (χ4n) is 4.07. The van der Waals surface area contributed by atoms with Crippen LogP contribution in [0.4, 0.5) is 0 Å². The van der Waals surface area contributed by atoms with Gasteiger partial charge < -0.3 is 15.1 Å². The van der Waals surface area contributed by atoms with Gasteiger partial charge in [-0.1, -0.05) is 6.07 Å². The fraction of sp³-hybridized carbons (Fsp3) is 0.636. The van der Waals surface area contributed by atoms with Crippen molar-refractivity contribution in [2.45, 2.75) is 51.4 Å². The van der Waals surface area contributed by atoms with Gasteiger partial charge in [0.25, 0.3) is 0 Å². The van der Waals surface area contributed by atoms with Crippen LogP contribution in [0.15, 0.2) is 24.4 Å². The molecule has 3 amide bonds. The third-order valence-electron chi connectivity index (χ3n) is 5.78. The molecule has 0 radical (unpaired) electrons. The monoisotopic (exact) mass is 400 g/mol. The van der Waals surface area contributed by atoms with E-state index in [1.807, 2.05) is 23.1 Å². The van der Waals surface area contributed by atoms with Crippen LogP contribution in [-0.2, 0) is 20.8 Å². The van der Waals surface area contributed by atoms with Gasteiger partial charge in [0.15, 0.2) is 0 Å². The number of aromatic nitrogens is 1. The van der Waals surface area contributed by atoms with E-state index in [2.05, 4.69) is 10.3 Å². The number of rotatable bonds is 10. The third-order valence-corrected chi connectivity index (χ3v) is 5.78. The molecule has 0 bridgehead atoms. The molecule has 7 heteroatoms. The first-order chi connectivity index (χ1) is 14.1. The van der Waals surface area contributed by atoms with Crippen LogP contribution in [0.3, 0.4) is 0 Å². The summed E-state index contributed by atoms with van der Waals surface area (Å²) in [5, 5.41) is 3.03. The number of hydrogen-bond acceptors (Lipinski definition) is 4. The predicted octanol–water partition coefficient (Wildman–Crippen LogP) is 1.77. The Hall–Kier alpha value is -2.44. The van der Waals surface area contributed by atoms with E-state index in [0.717, 1.165) is 44.3 Å². The van der Waals surface area contributed by atoms with Crippen LogP contribution in [-0.4, -0.2) is 65.2 Å². The number of hydrogen-bond donors (Lipinski definition) is 1. The van der Waals surface area contributed by atoms with Crippen molar-refractivity contribution in [1.82, 2.24) is 20.1 Å². The summed E-state index contributed by atoms with van der Waals surface area (Å²) in [6, 6.07) is 5.92. The molecule has 3 rings (SSSR count). The second kappa shape index (κ2) is 10.9. The number of nitrogens with zero attached hydrogens (tertiary/aromatic N) is 3. The fourth-order valence-corrected chi connectivity index (χ4v) is 4.07. The van der Waals surface area contributed by atoms with E-state index in [-0.39, 0.29) is 23.6 Å². The largest absolute Gasteiger partial charge is 0.356 e. The Kier molecular flexibility index (Phi) is 8.02. The number of amides is 3. The lowest BCUT2D eigenvalue weighted by atomic mass is 9.96. The van der Waals surface area contributed by atoms with Crippen molar-refractivity contribution < 1.29 is 14.4 Å². The molecule has 7 nitrogen and oxygen atoms in total. The quantitative estimate of drug-likeness (QED) is 0.607. The van der Waals surface area contributed by atoms with Crippen molar-refractivity contribution in [2.24, 2.45) is 5.92 Å². The minimum atomic E-state index is -0.128. The molecule has 2 aliphatic heterocycles. The molecule has 2 saturated heterocycles. The van der Waals surface area contributed by atoms with Crippen LogP contribution >= 0.6 is 0 Å². The zero-order valence-electron chi connectivity index (χ0n) is 17.1. The maximum absolute atomic E-state index is 12.5. The number of nitrogens with one attached hydrogen (secondary N) is 1. The van der Waals surface area contributed by atoms with Gasteiger partial charge in [0, 0.05) is 57.5 Å². The summed E-state index contributed by atoms with van der Waals surface area (Å²) >= 11 is 0. The summed E-state index contributed by atoms with van der Waals surface area (Å²) in [6.45, 7) is 3.31. The van der Waals surface area contributed by atoms with Gasteiger partial charge >= 0.3 is 0 Å². The minimum absolute atomic E-state index is 0.0510.